The summed E-state index contributed by atoms with van der Waals surface area (Å²) in [6.45, 7) is 4.18. The number of dihydropyridines is 1. The minimum Gasteiger partial charge on any atom is -0.470 e. The molecule has 1 unspecified atom stereocenters. The van der Waals surface area contributed by atoms with Crippen LogP contribution in [0.2, 0.25) is 0 Å². The summed E-state index contributed by atoms with van der Waals surface area (Å²) in [5.74, 6) is 0.564. The number of hydrogen-bond donors (Lipinski definition) is 1. The van der Waals surface area contributed by atoms with Gasteiger partial charge >= 0.3 is 0 Å². The van der Waals surface area contributed by atoms with Gasteiger partial charge in [0, 0.05) is 19.9 Å². The largest absolute Gasteiger partial charge is 0.470 e. The van der Waals surface area contributed by atoms with E-state index in [9.17, 15) is 4.79 Å². The van der Waals surface area contributed by atoms with Crippen LogP contribution in [-0.4, -0.2) is 56.6 Å². The predicted molar refractivity (Wildman–Crippen MR) is 105 cm³/mol. The Morgan fingerprint density at radius 3 is 2.71 bits per heavy atom. The third-order valence-electron chi connectivity index (χ3n) is 4.40. The number of carbonyl (C=O) groups is 1. The highest BCUT2D eigenvalue weighted by atomic mass is 16.7. The summed E-state index contributed by atoms with van der Waals surface area (Å²) >= 11 is 0. The molecule has 28 heavy (non-hydrogen) atoms. The second-order valence-corrected chi connectivity index (χ2v) is 6.83. The van der Waals surface area contributed by atoms with Gasteiger partial charge in [-0.3, -0.25) is 4.79 Å². The predicted octanol–water partition coefficient (Wildman–Crippen LogP) is 2.21. The van der Waals surface area contributed by atoms with Gasteiger partial charge in [0.15, 0.2) is 6.29 Å². The Kier molecular flexibility index (Phi) is 8.02. The topological polar surface area (TPSA) is 78.4 Å². The van der Waals surface area contributed by atoms with E-state index < -0.39 is 0 Å². The van der Waals surface area contributed by atoms with Gasteiger partial charge in [0.25, 0.3) is 0 Å². The number of benzene rings is 1. The summed E-state index contributed by atoms with van der Waals surface area (Å²) in [6, 6.07) is 10.1. The fourth-order valence-corrected chi connectivity index (χ4v) is 2.91. The number of nitrogens with zero attached hydrogens (tertiary/aromatic N) is 1. The summed E-state index contributed by atoms with van der Waals surface area (Å²) in [7, 11) is 0. The van der Waals surface area contributed by atoms with Crippen LogP contribution >= 0.6 is 0 Å². The van der Waals surface area contributed by atoms with Crippen LogP contribution in [0.15, 0.2) is 47.5 Å². The van der Waals surface area contributed by atoms with Gasteiger partial charge in [-0.05, 0) is 24.1 Å². The first-order chi connectivity index (χ1) is 13.7. The van der Waals surface area contributed by atoms with Crippen molar-refractivity contribution in [2.75, 3.05) is 26.3 Å². The maximum Gasteiger partial charge on any atom is 0.216 e. The lowest BCUT2D eigenvalue weighted by atomic mass is 10.2. The van der Waals surface area contributed by atoms with Crippen molar-refractivity contribution in [1.82, 2.24) is 5.32 Å². The number of aliphatic imine (C=N–C) groups is 1. The van der Waals surface area contributed by atoms with E-state index in [0.29, 0.717) is 38.8 Å². The van der Waals surface area contributed by atoms with E-state index in [0.717, 1.165) is 18.4 Å². The highest BCUT2D eigenvalue weighted by molar-refractivity contribution is 5.88. The highest BCUT2D eigenvalue weighted by Crippen LogP contribution is 2.15. The maximum absolute atomic E-state index is 10.8. The van der Waals surface area contributed by atoms with Crippen LogP contribution < -0.4 is 5.32 Å². The van der Waals surface area contributed by atoms with Gasteiger partial charge in [-0.1, -0.05) is 30.3 Å². The van der Waals surface area contributed by atoms with Crippen molar-refractivity contribution in [3.8, 4) is 0 Å². The minimum atomic E-state index is -0.242. The molecule has 2 aliphatic heterocycles. The summed E-state index contributed by atoms with van der Waals surface area (Å²) < 4.78 is 23.1. The highest BCUT2D eigenvalue weighted by Gasteiger charge is 2.24. The SMILES string of the molecule is CC(=O)NCCCC1OCC(OC2=NCC(OCc3ccccc3)C=C2)CO1. The Hall–Kier alpha value is -2.22. The third-order valence-corrected chi connectivity index (χ3v) is 4.40. The van der Waals surface area contributed by atoms with Crippen molar-refractivity contribution in [2.24, 2.45) is 4.99 Å². The average molecular weight is 388 g/mol. The molecule has 152 valence electrons. The molecule has 1 saturated heterocycles. The molecular weight excluding hydrogens is 360 g/mol. The molecule has 0 saturated carbocycles. The summed E-state index contributed by atoms with van der Waals surface area (Å²) in [4.78, 5) is 15.3. The smallest absolute Gasteiger partial charge is 0.216 e. The Balaban J connectivity index is 1.30. The second-order valence-electron chi connectivity index (χ2n) is 6.83. The molecule has 3 rings (SSSR count). The van der Waals surface area contributed by atoms with Crippen molar-refractivity contribution in [2.45, 2.75) is 44.9 Å². The summed E-state index contributed by atoms with van der Waals surface area (Å²) in [6.07, 6.45) is 4.92. The van der Waals surface area contributed by atoms with E-state index in [4.69, 9.17) is 18.9 Å². The van der Waals surface area contributed by atoms with E-state index in [1.165, 1.54) is 6.92 Å². The molecule has 1 fully saturated rings. The van der Waals surface area contributed by atoms with Gasteiger partial charge in [0.05, 0.1) is 32.5 Å². The van der Waals surface area contributed by atoms with E-state index in [1.54, 1.807) is 0 Å². The van der Waals surface area contributed by atoms with E-state index in [1.807, 2.05) is 42.5 Å². The molecule has 7 nitrogen and oxygen atoms in total. The first kappa shape index (κ1) is 20.5. The molecule has 1 aromatic rings. The zero-order valence-electron chi connectivity index (χ0n) is 16.2. The fourth-order valence-electron chi connectivity index (χ4n) is 2.91. The molecule has 0 bridgehead atoms. The average Bonchev–Trinajstić information content (AvgIpc) is 2.72. The lowest BCUT2D eigenvalue weighted by molar-refractivity contribution is -0.215. The van der Waals surface area contributed by atoms with Crippen molar-refractivity contribution >= 4 is 11.8 Å². The molecule has 1 amide bonds. The number of nitrogens with one attached hydrogen (secondary N) is 1. The van der Waals surface area contributed by atoms with Crippen LogP contribution in [0.1, 0.15) is 25.3 Å². The molecule has 0 aliphatic carbocycles. The first-order valence-electron chi connectivity index (χ1n) is 9.71. The zero-order chi connectivity index (χ0) is 19.6. The Labute approximate surface area is 165 Å². The molecule has 0 aromatic heterocycles. The van der Waals surface area contributed by atoms with Gasteiger partial charge in [0.2, 0.25) is 11.8 Å². The molecule has 1 N–H and O–H groups in total. The molecule has 0 spiro atoms. The lowest BCUT2D eigenvalue weighted by Gasteiger charge is -2.30. The van der Waals surface area contributed by atoms with Crippen LogP contribution in [0.5, 0.6) is 0 Å². The Morgan fingerprint density at radius 1 is 1.25 bits per heavy atom. The molecule has 7 heteroatoms. The lowest BCUT2D eigenvalue weighted by Crippen LogP contribution is -2.39. The van der Waals surface area contributed by atoms with Crippen LogP contribution in [0.4, 0.5) is 0 Å². The van der Waals surface area contributed by atoms with Gasteiger partial charge in [0.1, 0.15) is 6.10 Å². The van der Waals surface area contributed by atoms with Crippen LogP contribution in [0.25, 0.3) is 0 Å². The van der Waals surface area contributed by atoms with E-state index in [-0.39, 0.29) is 24.4 Å². The van der Waals surface area contributed by atoms with Gasteiger partial charge in [-0.25, -0.2) is 4.99 Å². The quantitative estimate of drug-likeness (QED) is 0.691. The van der Waals surface area contributed by atoms with Crippen LogP contribution in [0, 0.1) is 0 Å². The van der Waals surface area contributed by atoms with Crippen molar-refractivity contribution < 1.29 is 23.7 Å². The summed E-state index contributed by atoms with van der Waals surface area (Å²) in [5, 5.41) is 2.76. The van der Waals surface area contributed by atoms with E-state index >= 15 is 0 Å². The number of carbonyl (C=O) groups excluding carboxylic acids is 1. The van der Waals surface area contributed by atoms with E-state index in [2.05, 4.69) is 10.3 Å². The molecule has 2 aliphatic rings. The van der Waals surface area contributed by atoms with Gasteiger partial charge < -0.3 is 24.3 Å². The van der Waals surface area contributed by atoms with Crippen molar-refractivity contribution in [3.05, 3.63) is 48.0 Å². The minimum absolute atomic E-state index is 0.0204. The first-order valence-corrected chi connectivity index (χ1v) is 9.71. The van der Waals surface area contributed by atoms with Crippen molar-refractivity contribution in [1.29, 1.82) is 0 Å². The number of ether oxygens (including phenoxy) is 4. The molecule has 0 radical (unpaired) electrons. The summed E-state index contributed by atoms with van der Waals surface area (Å²) in [5.41, 5.74) is 1.14. The monoisotopic (exact) mass is 388 g/mol. The molecule has 2 heterocycles. The molecule has 1 aromatic carbocycles. The Bertz CT molecular complexity index is 669. The van der Waals surface area contributed by atoms with Gasteiger partial charge in [-0.15, -0.1) is 0 Å². The van der Waals surface area contributed by atoms with Crippen LogP contribution in [-0.2, 0) is 30.3 Å². The number of rotatable bonds is 8. The zero-order valence-corrected chi connectivity index (χ0v) is 16.2. The maximum atomic E-state index is 10.8. The second kappa shape index (κ2) is 10.9. The Morgan fingerprint density at radius 2 is 2.04 bits per heavy atom. The third kappa shape index (κ3) is 7.07. The molecular formula is C21H28N2O5. The van der Waals surface area contributed by atoms with Crippen LogP contribution in [0.3, 0.4) is 0 Å². The normalized spacial score (nSPS) is 24.5. The number of hydrogen-bond acceptors (Lipinski definition) is 6. The van der Waals surface area contributed by atoms with Crippen molar-refractivity contribution in [3.63, 3.8) is 0 Å². The standard InChI is InChI=1S/C21H28N2O5/c1-16(24)22-11-5-8-21-26-14-19(15-27-21)28-20-10-9-18(12-23-20)25-13-17-6-3-2-4-7-17/h2-4,6-7,9-10,18-19,21H,5,8,11-15H2,1H3,(H,22,24). The number of amides is 1. The van der Waals surface area contributed by atoms with Gasteiger partial charge in [-0.2, -0.15) is 0 Å². The molecule has 1 atom stereocenters. The fraction of sp³-hybridized carbons (Fsp3) is 0.524.